The van der Waals surface area contributed by atoms with Crippen LogP contribution in [0.1, 0.15) is 37.4 Å². The van der Waals surface area contributed by atoms with Crippen molar-refractivity contribution in [1.82, 2.24) is 4.90 Å². The Kier molecular flexibility index (Phi) is 5.33. The number of nitrogens with two attached hydrogens (primary N) is 1. The maximum Gasteiger partial charge on any atom is 0.0638 e. The summed E-state index contributed by atoms with van der Waals surface area (Å²) in [6, 6.07) is 10.9. The molecule has 1 aromatic carbocycles. The van der Waals surface area contributed by atoms with E-state index in [1.165, 1.54) is 11.1 Å². The largest absolute Gasteiger partial charge is 0.326 e. The first-order valence-electron chi connectivity index (χ1n) is 6.39. The Labute approximate surface area is 110 Å². The number of aryl methyl sites for hydroxylation is 1. The molecule has 0 aliphatic heterocycles. The minimum absolute atomic E-state index is 0.0252. The van der Waals surface area contributed by atoms with Crippen LogP contribution in [0.15, 0.2) is 24.3 Å². The molecule has 2 N–H and O–H groups in total. The van der Waals surface area contributed by atoms with Gasteiger partial charge in [0.15, 0.2) is 0 Å². The second-order valence-corrected chi connectivity index (χ2v) is 5.04. The Morgan fingerprint density at radius 2 is 1.94 bits per heavy atom. The summed E-state index contributed by atoms with van der Waals surface area (Å²) in [6.07, 6.45) is 0.519. The predicted molar refractivity (Wildman–Crippen MR) is 75.0 cm³/mol. The third kappa shape index (κ3) is 3.32. The van der Waals surface area contributed by atoms with Crippen LogP contribution < -0.4 is 5.73 Å². The van der Waals surface area contributed by atoms with Crippen molar-refractivity contribution in [2.45, 2.75) is 45.3 Å². The molecule has 0 bridgehead atoms. The molecule has 1 rings (SSSR count). The highest BCUT2D eigenvalue weighted by Crippen LogP contribution is 2.27. The molecule has 0 heterocycles. The SMILES string of the molecule is Cc1ccccc1C(C(C)N)N(C)C(C)CC#N. The van der Waals surface area contributed by atoms with E-state index >= 15 is 0 Å². The van der Waals surface area contributed by atoms with Gasteiger partial charge in [-0.3, -0.25) is 4.90 Å². The zero-order valence-corrected chi connectivity index (χ0v) is 11.7. The predicted octanol–water partition coefficient (Wildman–Crippen LogP) is 2.62. The summed E-state index contributed by atoms with van der Waals surface area (Å²) in [6.45, 7) is 6.19. The first-order chi connectivity index (χ1) is 8.49. The maximum absolute atomic E-state index is 8.82. The monoisotopic (exact) mass is 245 g/mol. The highest BCUT2D eigenvalue weighted by atomic mass is 15.2. The van der Waals surface area contributed by atoms with E-state index in [4.69, 9.17) is 11.0 Å². The second-order valence-electron chi connectivity index (χ2n) is 5.04. The fourth-order valence-electron chi connectivity index (χ4n) is 2.34. The summed E-state index contributed by atoms with van der Waals surface area (Å²) in [7, 11) is 2.04. The highest BCUT2D eigenvalue weighted by Gasteiger charge is 2.25. The zero-order valence-electron chi connectivity index (χ0n) is 11.7. The molecular weight excluding hydrogens is 222 g/mol. The Balaban J connectivity index is 3.04. The summed E-state index contributed by atoms with van der Waals surface area (Å²) >= 11 is 0. The molecule has 0 saturated carbocycles. The van der Waals surface area contributed by atoms with Crippen molar-refractivity contribution in [2.75, 3.05) is 7.05 Å². The van der Waals surface area contributed by atoms with Gasteiger partial charge in [-0.05, 0) is 38.9 Å². The molecule has 0 amide bonds. The van der Waals surface area contributed by atoms with Gasteiger partial charge in [0.1, 0.15) is 0 Å². The molecule has 3 heteroatoms. The Hall–Kier alpha value is -1.37. The summed E-state index contributed by atoms with van der Waals surface area (Å²) in [5, 5.41) is 8.82. The highest BCUT2D eigenvalue weighted by molar-refractivity contribution is 5.30. The molecule has 0 aromatic heterocycles. The van der Waals surface area contributed by atoms with E-state index in [1.807, 2.05) is 26.1 Å². The van der Waals surface area contributed by atoms with Crippen molar-refractivity contribution < 1.29 is 0 Å². The molecule has 0 radical (unpaired) electrons. The summed E-state index contributed by atoms with van der Waals surface area (Å²) in [4.78, 5) is 2.20. The molecule has 0 aliphatic carbocycles. The van der Waals surface area contributed by atoms with Crippen molar-refractivity contribution in [1.29, 1.82) is 5.26 Å². The van der Waals surface area contributed by atoms with Crippen LogP contribution in [-0.4, -0.2) is 24.0 Å². The normalized spacial score (nSPS) is 16.1. The van der Waals surface area contributed by atoms with Gasteiger partial charge in [0, 0.05) is 18.1 Å². The lowest BCUT2D eigenvalue weighted by atomic mass is 9.94. The molecule has 0 spiro atoms. The van der Waals surface area contributed by atoms with Crippen LogP contribution in [0.2, 0.25) is 0 Å². The Morgan fingerprint density at radius 3 is 2.44 bits per heavy atom. The standard InChI is InChI=1S/C15H23N3/c1-11-7-5-6-8-14(11)15(13(3)17)18(4)12(2)9-10-16/h5-8,12-13,15H,9,17H2,1-4H3. The van der Waals surface area contributed by atoms with Crippen LogP contribution in [-0.2, 0) is 0 Å². The van der Waals surface area contributed by atoms with Gasteiger partial charge in [-0.1, -0.05) is 24.3 Å². The third-order valence-electron chi connectivity index (χ3n) is 3.53. The van der Waals surface area contributed by atoms with Gasteiger partial charge in [0.25, 0.3) is 0 Å². The minimum atomic E-state index is 0.0252. The molecule has 98 valence electrons. The lowest BCUT2D eigenvalue weighted by Crippen LogP contribution is -2.42. The van der Waals surface area contributed by atoms with Crippen molar-refractivity contribution in [3.63, 3.8) is 0 Å². The van der Waals surface area contributed by atoms with Crippen LogP contribution in [0.25, 0.3) is 0 Å². The van der Waals surface area contributed by atoms with E-state index < -0.39 is 0 Å². The van der Waals surface area contributed by atoms with Crippen molar-refractivity contribution in [2.24, 2.45) is 5.73 Å². The van der Waals surface area contributed by atoms with E-state index in [9.17, 15) is 0 Å². The van der Waals surface area contributed by atoms with Crippen LogP contribution in [0, 0.1) is 18.3 Å². The van der Waals surface area contributed by atoms with Crippen LogP contribution >= 0.6 is 0 Å². The third-order valence-corrected chi connectivity index (χ3v) is 3.53. The molecule has 1 aromatic rings. The van der Waals surface area contributed by atoms with Gasteiger partial charge < -0.3 is 5.73 Å². The fraction of sp³-hybridized carbons (Fsp3) is 0.533. The number of nitrogens with zero attached hydrogens (tertiary/aromatic N) is 2. The van der Waals surface area contributed by atoms with Gasteiger partial charge >= 0.3 is 0 Å². The molecule has 3 unspecified atom stereocenters. The van der Waals surface area contributed by atoms with Gasteiger partial charge in [0.05, 0.1) is 12.5 Å². The van der Waals surface area contributed by atoms with Gasteiger partial charge in [-0.2, -0.15) is 5.26 Å². The Morgan fingerprint density at radius 1 is 1.33 bits per heavy atom. The quantitative estimate of drug-likeness (QED) is 0.867. The second kappa shape index (κ2) is 6.53. The Bertz CT molecular complexity index is 420. The van der Waals surface area contributed by atoms with Crippen molar-refractivity contribution >= 4 is 0 Å². The van der Waals surface area contributed by atoms with Crippen molar-refractivity contribution in [3.05, 3.63) is 35.4 Å². The average Bonchev–Trinajstić information content (AvgIpc) is 2.31. The van der Waals surface area contributed by atoms with Crippen LogP contribution in [0.4, 0.5) is 0 Å². The molecule has 3 atom stereocenters. The fourth-order valence-corrected chi connectivity index (χ4v) is 2.34. The minimum Gasteiger partial charge on any atom is -0.326 e. The molecule has 0 saturated heterocycles. The lowest BCUT2D eigenvalue weighted by molar-refractivity contribution is 0.166. The van der Waals surface area contributed by atoms with E-state index in [-0.39, 0.29) is 18.1 Å². The number of benzene rings is 1. The van der Waals surface area contributed by atoms with Gasteiger partial charge in [-0.15, -0.1) is 0 Å². The van der Waals surface area contributed by atoms with E-state index in [0.717, 1.165) is 0 Å². The number of likely N-dealkylation sites (N-methyl/N-ethyl adjacent to an activating group) is 1. The van der Waals surface area contributed by atoms with Crippen LogP contribution in [0.5, 0.6) is 0 Å². The summed E-state index contributed by atoms with van der Waals surface area (Å²) < 4.78 is 0. The molecular formula is C15H23N3. The number of hydrogen-bond donors (Lipinski definition) is 1. The van der Waals surface area contributed by atoms with E-state index in [0.29, 0.717) is 6.42 Å². The van der Waals surface area contributed by atoms with Crippen LogP contribution in [0.3, 0.4) is 0 Å². The zero-order chi connectivity index (χ0) is 13.7. The first kappa shape index (κ1) is 14.7. The number of hydrogen-bond acceptors (Lipinski definition) is 3. The van der Waals surface area contributed by atoms with Crippen molar-refractivity contribution in [3.8, 4) is 6.07 Å². The topological polar surface area (TPSA) is 53.0 Å². The van der Waals surface area contributed by atoms with E-state index in [1.54, 1.807) is 0 Å². The van der Waals surface area contributed by atoms with E-state index in [2.05, 4.69) is 36.9 Å². The molecule has 0 aliphatic rings. The molecule has 0 fully saturated rings. The smallest absolute Gasteiger partial charge is 0.0638 e. The number of nitriles is 1. The molecule has 3 nitrogen and oxygen atoms in total. The average molecular weight is 245 g/mol. The number of rotatable bonds is 5. The first-order valence-corrected chi connectivity index (χ1v) is 6.39. The summed E-state index contributed by atoms with van der Waals surface area (Å²) in [5.74, 6) is 0. The van der Waals surface area contributed by atoms with Gasteiger partial charge in [0.2, 0.25) is 0 Å². The lowest BCUT2D eigenvalue weighted by Gasteiger charge is -2.36. The summed E-state index contributed by atoms with van der Waals surface area (Å²) in [5.41, 5.74) is 8.64. The van der Waals surface area contributed by atoms with Gasteiger partial charge in [-0.25, -0.2) is 0 Å². The maximum atomic E-state index is 8.82. The molecule has 18 heavy (non-hydrogen) atoms.